The van der Waals surface area contributed by atoms with Crippen LogP contribution in [0.1, 0.15) is 24.4 Å². The van der Waals surface area contributed by atoms with Crippen molar-refractivity contribution in [3.8, 4) is 6.07 Å². The van der Waals surface area contributed by atoms with Crippen molar-refractivity contribution in [2.24, 2.45) is 0 Å². The molecule has 2 aromatic rings. The Hall–Kier alpha value is -2.13. The van der Waals surface area contributed by atoms with E-state index in [0.717, 1.165) is 18.4 Å². The first kappa shape index (κ1) is 11.9. The van der Waals surface area contributed by atoms with Gasteiger partial charge in [0, 0.05) is 6.54 Å². The summed E-state index contributed by atoms with van der Waals surface area (Å²) in [5.41, 5.74) is 2.05. The summed E-state index contributed by atoms with van der Waals surface area (Å²) in [5, 5.41) is 12.0. The summed E-state index contributed by atoms with van der Waals surface area (Å²) >= 11 is 5.31. The van der Waals surface area contributed by atoms with Crippen LogP contribution in [0.25, 0.3) is 11.0 Å². The van der Waals surface area contributed by atoms with Crippen molar-refractivity contribution in [1.82, 2.24) is 14.9 Å². The Bertz CT molecular complexity index is 752. The number of para-hydroxylation sites is 1. The number of amides is 1. The van der Waals surface area contributed by atoms with E-state index in [1.54, 1.807) is 12.1 Å². The number of carbonyl (C=O) groups excluding carboxylic acids is 1. The molecule has 19 heavy (non-hydrogen) atoms. The van der Waals surface area contributed by atoms with Crippen LogP contribution in [0.3, 0.4) is 0 Å². The third-order valence-electron chi connectivity index (χ3n) is 3.44. The lowest BCUT2D eigenvalue weighted by molar-refractivity contribution is -0.125. The van der Waals surface area contributed by atoms with E-state index in [-0.39, 0.29) is 11.9 Å². The number of aromatic nitrogens is 2. The van der Waals surface area contributed by atoms with Gasteiger partial charge < -0.3 is 14.9 Å². The van der Waals surface area contributed by atoms with Crippen molar-refractivity contribution in [3.05, 3.63) is 28.5 Å². The summed E-state index contributed by atoms with van der Waals surface area (Å²) in [6, 6.07) is 7.27. The topological polar surface area (TPSA) is 73.6 Å². The van der Waals surface area contributed by atoms with Gasteiger partial charge in [-0.3, -0.25) is 4.79 Å². The number of rotatable bonds is 1. The fourth-order valence-electron chi connectivity index (χ4n) is 2.55. The SMILES string of the molecule is N#Cc1cccc2c1[nH]c(=S)n2C1CCCNC1=O. The Morgan fingerprint density at radius 1 is 1.47 bits per heavy atom. The first-order valence-electron chi connectivity index (χ1n) is 6.13. The van der Waals surface area contributed by atoms with Crippen LogP contribution < -0.4 is 5.32 Å². The van der Waals surface area contributed by atoms with Gasteiger partial charge in [0.1, 0.15) is 12.1 Å². The molecule has 0 aliphatic carbocycles. The Morgan fingerprint density at radius 3 is 3.05 bits per heavy atom. The number of hydrogen-bond acceptors (Lipinski definition) is 3. The van der Waals surface area contributed by atoms with Gasteiger partial charge in [0.15, 0.2) is 4.77 Å². The van der Waals surface area contributed by atoms with E-state index in [2.05, 4.69) is 16.4 Å². The zero-order valence-corrected chi connectivity index (χ0v) is 11.0. The van der Waals surface area contributed by atoms with E-state index < -0.39 is 0 Å². The summed E-state index contributed by atoms with van der Waals surface area (Å²) in [6.45, 7) is 0.717. The number of piperidine rings is 1. The molecule has 1 unspecified atom stereocenters. The Balaban J connectivity index is 2.24. The maximum Gasteiger partial charge on any atom is 0.243 e. The average Bonchev–Trinajstić information content (AvgIpc) is 2.75. The molecule has 6 heteroatoms. The number of fused-ring (bicyclic) bond motifs is 1. The van der Waals surface area contributed by atoms with Gasteiger partial charge in [-0.15, -0.1) is 0 Å². The van der Waals surface area contributed by atoms with Crippen molar-refractivity contribution < 1.29 is 4.79 Å². The molecule has 2 heterocycles. The molecule has 0 bridgehead atoms. The van der Waals surface area contributed by atoms with Crippen LogP contribution in [-0.2, 0) is 4.79 Å². The molecule has 1 fully saturated rings. The van der Waals surface area contributed by atoms with Gasteiger partial charge in [0.25, 0.3) is 0 Å². The second-order valence-corrected chi connectivity index (χ2v) is 4.95. The number of nitrogens with one attached hydrogen (secondary N) is 2. The number of hydrogen-bond donors (Lipinski definition) is 2. The van der Waals surface area contributed by atoms with E-state index in [9.17, 15) is 4.79 Å². The molecule has 2 N–H and O–H groups in total. The second-order valence-electron chi connectivity index (χ2n) is 4.56. The number of nitrogens with zero attached hydrogens (tertiary/aromatic N) is 2. The molecular formula is C13H12N4OS. The van der Waals surface area contributed by atoms with Crippen LogP contribution >= 0.6 is 12.2 Å². The van der Waals surface area contributed by atoms with E-state index in [0.29, 0.717) is 22.4 Å². The molecule has 5 nitrogen and oxygen atoms in total. The number of benzene rings is 1. The van der Waals surface area contributed by atoms with Gasteiger partial charge in [-0.1, -0.05) is 6.07 Å². The number of carbonyl (C=O) groups is 1. The van der Waals surface area contributed by atoms with Gasteiger partial charge in [0.05, 0.1) is 16.6 Å². The van der Waals surface area contributed by atoms with Gasteiger partial charge in [0.2, 0.25) is 5.91 Å². The van der Waals surface area contributed by atoms with Crippen molar-refractivity contribution in [2.45, 2.75) is 18.9 Å². The molecule has 0 spiro atoms. The summed E-state index contributed by atoms with van der Waals surface area (Å²) in [7, 11) is 0. The Labute approximate surface area is 114 Å². The molecule has 1 saturated heterocycles. The average molecular weight is 272 g/mol. The van der Waals surface area contributed by atoms with Gasteiger partial charge in [-0.25, -0.2) is 0 Å². The smallest absolute Gasteiger partial charge is 0.243 e. The summed E-state index contributed by atoms with van der Waals surface area (Å²) < 4.78 is 2.31. The standard InChI is InChI=1S/C13H12N4OS/c14-7-8-3-1-4-9-11(8)16-13(19)17(9)10-5-2-6-15-12(10)18/h1,3-4,10H,2,5-6H2,(H,15,18)(H,16,19). The van der Waals surface area contributed by atoms with Crippen LogP contribution in [0.4, 0.5) is 0 Å². The number of aromatic amines is 1. The minimum Gasteiger partial charge on any atom is -0.354 e. The van der Waals surface area contributed by atoms with Crippen LogP contribution in [0.2, 0.25) is 0 Å². The molecule has 0 saturated carbocycles. The fraction of sp³-hybridized carbons (Fsp3) is 0.308. The highest BCUT2D eigenvalue weighted by molar-refractivity contribution is 7.71. The van der Waals surface area contributed by atoms with Gasteiger partial charge >= 0.3 is 0 Å². The molecule has 1 amide bonds. The zero-order chi connectivity index (χ0) is 13.4. The minimum absolute atomic E-state index is 0.00869. The third kappa shape index (κ3) is 1.83. The normalized spacial score (nSPS) is 19.1. The van der Waals surface area contributed by atoms with Crippen LogP contribution in [0.15, 0.2) is 18.2 Å². The summed E-state index contributed by atoms with van der Waals surface area (Å²) in [5.74, 6) is -0.00869. The highest BCUT2D eigenvalue weighted by Crippen LogP contribution is 2.26. The molecule has 1 aliphatic heterocycles. The molecule has 1 aliphatic rings. The lowest BCUT2D eigenvalue weighted by Crippen LogP contribution is -2.37. The first-order valence-corrected chi connectivity index (χ1v) is 6.54. The fourth-order valence-corrected chi connectivity index (χ4v) is 2.88. The Morgan fingerprint density at radius 2 is 2.32 bits per heavy atom. The van der Waals surface area contributed by atoms with Crippen molar-refractivity contribution in [1.29, 1.82) is 5.26 Å². The molecular weight excluding hydrogens is 260 g/mol. The van der Waals surface area contributed by atoms with Gasteiger partial charge in [-0.2, -0.15) is 5.26 Å². The van der Waals surface area contributed by atoms with Crippen molar-refractivity contribution >= 4 is 29.2 Å². The van der Waals surface area contributed by atoms with Crippen LogP contribution in [-0.4, -0.2) is 22.0 Å². The predicted octanol–water partition coefficient (Wildman–Crippen LogP) is 2.02. The van der Waals surface area contributed by atoms with Gasteiger partial charge in [-0.05, 0) is 37.2 Å². The van der Waals surface area contributed by atoms with Crippen LogP contribution in [0, 0.1) is 16.1 Å². The van der Waals surface area contributed by atoms with Crippen LogP contribution in [0.5, 0.6) is 0 Å². The summed E-state index contributed by atoms with van der Waals surface area (Å²) in [4.78, 5) is 15.0. The molecule has 1 aromatic heterocycles. The molecule has 96 valence electrons. The quantitative estimate of drug-likeness (QED) is 0.780. The minimum atomic E-state index is -0.288. The maximum absolute atomic E-state index is 12.0. The lowest BCUT2D eigenvalue weighted by Gasteiger charge is -2.23. The highest BCUT2D eigenvalue weighted by atomic mass is 32.1. The number of nitriles is 1. The predicted molar refractivity (Wildman–Crippen MR) is 73.1 cm³/mol. The molecule has 3 rings (SSSR count). The highest BCUT2D eigenvalue weighted by Gasteiger charge is 2.26. The molecule has 0 radical (unpaired) electrons. The van der Waals surface area contributed by atoms with E-state index >= 15 is 0 Å². The summed E-state index contributed by atoms with van der Waals surface area (Å²) in [6.07, 6.45) is 1.70. The third-order valence-corrected chi connectivity index (χ3v) is 3.74. The van der Waals surface area contributed by atoms with Crippen molar-refractivity contribution in [2.75, 3.05) is 6.54 Å². The van der Waals surface area contributed by atoms with E-state index in [4.69, 9.17) is 17.5 Å². The monoisotopic (exact) mass is 272 g/mol. The maximum atomic E-state index is 12.0. The number of H-pyrrole nitrogens is 1. The largest absolute Gasteiger partial charge is 0.354 e. The lowest BCUT2D eigenvalue weighted by atomic mass is 10.1. The Kier molecular flexibility index (Phi) is 2.84. The zero-order valence-electron chi connectivity index (χ0n) is 10.1. The second kappa shape index (κ2) is 4.52. The van der Waals surface area contributed by atoms with E-state index in [1.165, 1.54) is 0 Å². The number of imidazole rings is 1. The molecule has 1 atom stereocenters. The first-order chi connectivity index (χ1) is 9.22. The molecule has 1 aromatic carbocycles. The van der Waals surface area contributed by atoms with Crippen molar-refractivity contribution in [3.63, 3.8) is 0 Å². The van der Waals surface area contributed by atoms with E-state index in [1.807, 2.05) is 10.6 Å².